The van der Waals surface area contributed by atoms with Crippen LogP contribution in [0.2, 0.25) is 0 Å². The summed E-state index contributed by atoms with van der Waals surface area (Å²) < 4.78 is 5.20. The van der Waals surface area contributed by atoms with Gasteiger partial charge < -0.3 is 9.64 Å². The van der Waals surface area contributed by atoms with Gasteiger partial charge in [-0.25, -0.2) is 0 Å². The molecule has 1 heterocycles. The number of unbranched alkanes of at least 4 members (excludes halogenated alkanes) is 1. The van der Waals surface area contributed by atoms with Crippen molar-refractivity contribution in [3.05, 3.63) is 0 Å². The summed E-state index contributed by atoms with van der Waals surface area (Å²) >= 11 is 5.54. The third-order valence-electron chi connectivity index (χ3n) is 3.23. The third kappa shape index (κ3) is 4.84. The second-order valence-corrected chi connectivity index (χ2v) is 4.99. The van der Waals surface area contributed by atoms with E-state index in [-0.39, 0.29) is 17.8 Å². The molecular formula is C13H22ClNO3. The van der Waals surface area contributed by atoms with Crippen molar-refractivity contribution < 1.29 is 14.3 Å². The van der Waals surface area contributed by atoms with Crippen LogP contribution in [0.25, 0.3) is 0 Å². The first-order valence-electron chi connectivity index (χ1n) is 6.69. The molecule has 0 aromatic heterocycles. The molecule has 0 radical (unpaired) electrons. The molecule has 104 valence electrons. The number of amides is 1. The van der Waals surface area contributed by atoms with Crippen LogP contribution in [0.4, 0.5) is 0 Å². The minimum absolute atomic E-state index is 0.0399. The van der Waals surface area contributed by atoms with E-state index in [1.165, 1.54) is 0 Å². The number of nitrogens with zero attached hydrogens (tertiary/aromatic N) is 1. The largest absolute Gasteiger partial charge is 0.465 e. The van der Waals surface area contributed by atoms with Crippen molar-refractivity contribution in [1.29, 1.82) is 0 Å². The van der Waals surface area contributed by atoms with Crippen LogP contribution in [-0.2, 0) is 14.3 Å². The van der Waals surface area contributed by atoms with E-state index in [1.54, 1.807) is 4.90 Å². The molecule has 0 N–H and O–H groups in total. The highest BCUT2D eigenvalue weighted by Gasteiger charge is 2.27. The molecule has 0 aromatic rings. The highest BCUT2D eigenvalue weighted by atomic mass is 35.5. The summed E-state index contributed by atoms with van der Waals surface area (Å²) in [7, 11) is 0. The highest BCUT2D eigenvalue weighted by Crippen LogP contribution is 2.19. The number of rotatable bonds is 6. The molecule has 0 aromatic carbocycles. The van der Waals surface area contributed by atoms with Gasteiger partial charge in [0.05, 0.1) is 12.5 Å². The number of hydrogen-bond acceptors (Lipinski definition) is 3. The lowest BCUT2D eigenvalue weighted by Gasteiger charge is -2.30. The Morgan fingerprint density at radius 1 is 1.33 bits per heavy atom. The second-order valence-electron chi connectivity index (χ2n) is 4.62. The quantitative estimate of drug-likeness (QED) is 0.424. The Balaban J connectivity index is 2.26. The van der Waals surface area contributed by atoms with E-state index >= 15 is 0 Å². The van der Waals surface area contributed by atoms with Gasteiger partial charge >= 0.3 is 5.97 Å². The SMILES string of the molecule is CCCCOC(=O)C1CCN(C(=O)CCCl)CC1. The molecule has 0 atom stereocenters. The monoisotopic (exact) mass is 275 g/mol. The first kappa shape index (κ1) is 15.3. The van der Waals surface area contributed by atoms with Crippen LogP contribution >= 0.6 is 11.6 Å². The molecule has 0 aliphatic carbocycles. The minimum Gasteiger partial charge on any atom is -0.465 e. The summed E-state index contributed by atoms with van der Waals surface area (Å²) in [4.78, 5) is 25.1. The van der Waals surface area contributed by atoms with Gasteiger partial charge in [-0.1, -0.05) is 13.3 Å². The van der Waals surface area contributed by atoms with Gasteiger partial charge in [0.25, 0.3) is 0 Å². The zero-order chi connectivity index (χ0) is 13.4. The van der Waals surface area contributed by atoms with E-state index in [4.69, 9.17) is 16.3 Å². The Kier molecular flexibility index (Phi) is 7.09. The highest BCUT2D eigenvalue weighted by molar-refractivity contribution is 6.18. The first-order chi connectivity index (χ1) is 8.69. The molecule has 0 saturated carbocycles. The van der Waals surface area contributed by atoms with Crippen molar-refractivity contribution in [2.45, 2.75) is 39.0 Å². The fraction of sp³-hybridized carbons (Fsp3) is 0.846. The van der Waals surface area contributed by atoms with Gasteiger partial charge in [0.15, 0.2) is 0 Å². The Morgan fingerprint density at radius 3 is 2.56 bits per heavy atom. The fourth-order valence-electron chi connectivity index (χ4n) is 2.04. The Bertz CT molecular complexity index is 275. The smallest absolute Gasteiger partial charge is 0.309 e. The van der Waals surface area contributed by atoms with Gasteiger partial charge in [0, 0.05) is 25.4 Å². The van der Waals surface area contributed by atoms with Crippen LogP contribution in [0, 0.1) is 5.92 Å². The summed E-state index contributed by atoms with van der Waals surface area (Å²) in [6.45, 7) is 3.86. The van der Waals surface area contributed by atoms with Crippen LogP contribution in [-0.4, -0.2) is 42.4 Å². The summed E-state index contributed by atoms with van der Waals surface area (Å²) in [5, 5.41) is 0. The Hall–Kier alpha value is -0.770. The molecule has 1 aliphatic heterocycles. The number of halogens is 1. The number of esters is 1. The molecular weight excluding hydrogens is 254 g/mol. The maximum absolute atomic E-state index is 11.7. The lowest BCUT2D eigenvalue weighted by Crippen LogP contribution is -2.40. The number of alkyl halides is 1. The molecule has 1 aliphatic rings. The third-order valence-corrected chi connectivity index (χ3v) is 3.42. The lowest BCUT2D eigenvalue weighted by molar-refractivity contribution is -0.151. The maximum atomic E-state index is 11.7. The van der Waals surface area contributed by atoms with Gasteiger partial charge in [0.1, 0.15) is 0 Å². The Labute approximate surface area is 114 Å². The number of ether oxygens (including phenoxy) is 1. The molecule has 1 rings (SSSR count). The second kappa shape index (κ2) is 8.35. The summed E-state index contributed by atoms with van der Waals surface area (Å²) in [6.07, 6.45) is 3.74. The normalized spacial score (nSPS) is 16.7. The summed E-state index contributed by atoms with van der Waals surface area (Å²) in [5.41, 5.74) is 0. The number of likely N-dealkylation sites (tertiary alicyclic amines) is 1. The van der Waals surface area contributed by atoms with E-state index in [2.05, 4.69) is 6.92 Å². The van der Waals surface area contributed by atoms with Crippen molar-refractivity contribution in [2.24, 2.45) is 5.92 Å². The summed E-state index contributed by atoms with van der Waals surface area (Å²) in [6, 6.07) is 0. The zero-order valence-corrected chi connectivity index (χ0v) is 11.7. The molecule has 0 spiro atoms. The summed E-state index contributed by atoms with van der Waals surface area (Å²) in [5.74, 6) is 0.301. The predicted octanol–water partition coefficient (Wildman–Crippen LogP) is 2.20. The topological polar surface area (TPSA) is 46.6 Å². The molecule has 18 heavy (non-hydrogen) atoms. The lowest BCUT2D eigenvalue weighted by atomic mass is 9.97. The standard InChI is InChI=1S/C13H22ClNO3/c1-2-3-10-18-13(17)11-5-8-15(9-6-11)12(16)4-7-14/h11H,2-10H2,1H3. The van der Waals surface area contributed by atoms with Crippen LogP contribution in [0.15, 0.2) is 0 Å². The van der Waals surface area contributed by atoms with Crippen LogP contribution in [0.1, 0.15) is 39.0 Å². The van der Waals surface area contributed by atoms with Crippen LogP contribution in [0.5, 0.6) is 0 Å². The van der Waals surface area contributed by atoms with Crippen LogP contribution in [0.3, 0.4) is 0 Å². The van der Waals surface area contributed by atoms with Crippen molar-refractivity contribution in [1.82, 2.24) is 4.90 Å². The molecule has 5 heteroatoms. The Morgan fingerprint density at radius 2 is 2.00 bits per heavy atom. The van der Waals surface area contributed by atoms with Gasteiger partial charge in [0.2, 0.25) is 5.91 Å². The molecule has 0 unspecified atom stereocenters. The predicted molar refractivity (Wildman–Crippen MR) is 70.5 cm³/mol. The first-order valence-corrected chi connectivity index (χ1v) is 7.22. The molecule has 1 fully saturated rings. The van der Waals surface area contributed by atoms with E-state index in [0.717, 1.165) is 12.8 Å². The van der Waals surface area contributed by atoms with Crippen molar-refractivity contribution >= 4 is 23.5 Å². The van der Waals surface area contributed by atoms with Crippen molar-refractivity contribution in [3.8, 4) is 0 Å². The molecule has 1 saturated heterocycles. The number of carbonyl (C=O) groups excluding carboxylic acids is 2. The molecule has 1 amide bonds. The maximum Gasteiger partial charge on any atom is 0.309 e. The average molecular weight is 276 g/mol. The number of piperidine rings is 1. The van der Waals surface area contributed by atoms with E-state index in [9.17, 15) is 9.59 Å². The van der Waals surface area contributed by atoms with Crippen molar-refractivity contribution in [2.75, 3.05) is 25.6 Å². The van der Waals surface area contributed by atoms with Crippen LogP contribution < -0.4 is 0 Å². The molecule has 0 bridgehead atoms. The van der Waals surface area contributed by atoms with E-state index < -0.39 is 0 Å². The number of carbonyl (C=O) groups is 2. The van der Waals surface area contributed by atoms with Gasteiger partial charge in [-0.15, -0.1) is 11.6 Å². The van der Waals surface area contributed by atoms with Crippen molar-refractivity contribution in [3.63, 3.8) is 0 Å². The average Bonchev–Trinajstić information content (AvgIpc) is 2.39. The van der Waals surface area contributed by atoms with Gasteiger partial charge in [-0.3, -0.25) is 9.59 Å². The molecule has 4 nitrogen and oxygen atoms in total. The van der Waals surface area contributed by atoms with Gasteiger partial charge in [-0.05, 0) is 19.3 Å². The van der Waals surface area contributed by atoms with E-state index in [0.29, 0.717) is 44.8 Å². The minimum atomic E-state index is -0.104. The zero-order valence-electron chi connectivity index (χ0n) is 11.0. The fourth-order valence-corrected chi connectivity index (χ4v) is 2.20. The van der Waals surface area contributed by atoms with E-state index in [1.807, 2.05) is 0 Å². The van der Waals surface area contributed by atoms with Gasteiger partial charge in [-0.2, -0.15) is 0 Å². The number of hydrogen-bond donors (Lipinski definition) is 0.